The van der Waals surface area contributed by atoms with Crippen LogP contribution in [0.25, 0.3) is 0 Å². The molecule has 0 radical (unpaired) electrons. The molecule has 1 nitrogen and oxygen atoms in total. The van der Waals surface area contributed by atoms with Crippen LogP contribution < -0.4 is 5.32 Å². The quantitative estimate of drug-likeness (QED) is 0.872. The minimum Gasteiger partial charge on any atom is -0.310 e. The number of nitrogens with one attached hydrogen (secondary N) is 1. The van der Waals surface area contributed by atoms with Gasteiger partial charge in [-0.1, -0.05) is 35.0 Å². The summed E-state index contributed by atoms with van der Waals surface area (Å²) in [6.45, 7) is 3.42. The Hall–Kier alpha value is 0.01000. The van der Waals surface area contributed by atoms with Gasteiger partial charge in [0.05, 0.1) is 0 Å². The van der Waals surface area contributed by atoms with Crippen LogP contribution in [0.3, 0.4) is 0 Å². The number of rotatable bonds is 5. The SMILES string of the molecule is CCC(NCC1CCSC1)c1cccc(Br)c1. The summed E-state index contributed by atoms with van der Waals surface area (Å²) in [5, 5.41) is 3.72. The lowest BCUT2D eigenvalue weighted by molar-refractivity contribution is 0.450. The fourth-order valence-electron chi connectivity index (χ4n) is 2.27. The zero-order chi connectivity index (χ0) is 12.1. The molecule has 0 aliphatic carbocycles. The minimum absolute atomic E-state index is 0.498. The van der Waals surface area contributed by atoms with Crippen molar-refractivity contribution < 1.29 is 0 Å². The zero-order valence-corrected chi connectivity index (χ0v) is 12.7. The van der Waals surface area contributed by atoms with Gasteiger partial charge >= 0.3 is 0 Å². The van der Waals surface area contributed by atoms with E-state index in [1.807, 2.05) is 0 Å². The summed E-state index contributed by atoms with van der Waals surface area (Å²) in [6.07, 6.45) is 2.53. The smallest absolute Gasteiger partial charge is 0.0318 e. The van der Waals surface area contributed by atoms with Crippen molar-refractivity contribution in [2.24, 2.45) is 5.92 Å². The monoisotopic (exact) mass is 313 g/mol. The Labute approximate surface area is 117 Å². The summed E-state index contributed by atoms with van der Waals surface area (Å²) in [7, 11) is 0. The zero-order valence-electron chi connectivity index (χ0n) is 10.3. The third kappa shape index (κ3) is 4.01. The van der Waals surface area contributed by atoms with Gasteiger partial charge in [-0.3, -0.25) is 0 Å². The molecule has 2 atom stereocenters. The first kappa shape index (κ1) is 13.4. The molecule has 94 valence electrons. The number of benzene rings is 1. The highest BCUT2D eigenvalue weighted by Crippen LogP contribution is 2.25. The maximum atomic E-state index is 3.72. The van der Waals surface area contributed by atoms with Crippen LogP contribution in [0.5, 0.6) is 0 Å². The van der Waals surface area contributed by atoms with E-state index in [1.54, 1.807) is 0 Å². The molecule has 3 heteroatoms. The molecule has 0 aromatic heterocycles. The molecule has 0 amide bonds. The number of hydrogen-bond donors (Lipinski definition) is 1. The lowest BCUT2D eigenvalue weighted by atomic mass is 10.0. The lowest BCUT2D eigenvalue weighted by Gasteiger charge is -2.20. The standard InChI is InChI=1S/C14H20BrNS/c1-2-14(12-4-3-5-13(15)8-12)16-9-11-6-7-17-10-11/h3-5,8,11,14,16H,2,6-7,9-10H2,1H3. The van der Waals surface area contributed by atoms with Crippen molar-refractivity contribution >= 4 is 27.7 Å². The van der Waals surface area contributed by atoms with Crippen molar-refractivity contribution in [1.82, 2.24) is 5.32 Å². The molecule has 1 aliphatic heterocycles. The largest absolute Gasteiger partial charge is 0.310 e. The van der Waals surface area contributed by atoms with Crippen molar-refractivity contribution in [1.29, 1.82) is 0 Å². The first-order valence-electron chi connectivity index (χ1n) is 6.36. The van der Waals surface area contributed by atoms with Crippen molar-refractivity contribution in [2.75, 3.05) is 18.1 Å². The van der Waals surface area contributed by atoms with Crippen LogP contribution in [0.15, 0.2) is 28.7 Å². The van der Waals surface area contributed by atoms with Gasteiger partial charge < -0.3 is 5.32 Å². The molecule has 0 saturated carbocycles. The van der Waals surface area contributed by atoms with Crippen LogP contribution in [-0.4, -0.2) is 18.1 Å². The van der Waals surface area contributed by atoms with E-state index in [9.17, 15) is 0 Å². The average Bonchev–Trinajstić information content (AvgIpc) is 2.83. The summed E-state index contributed by atoms with van der Waals surface area (Å²) < 4.78 is 1.17. The first-order valence-corrected chi connectivity index (χ1v) is 8.31. The van der Waals surface area contributed by atoms with Crippen molar-refractivity contribution in [3.05, 3.63) is 34.3 Å². The van der Waals surface area contributed by atoms with Crippen LogP contribution in [0.4, 0.5) is 0 Å². The third-order valence-corrected chi connectivity index (χ3v) is 5.06. The summed E-state index contributed by atoms with van der Waals surface area (Å²) in [5.74, 6) is 3.56. The molecule has 1 N–H and O–H groups in total. The normalized spacial score (nSPS) is 21.6. The second-order valence-corrected chi connectivity index (χ2v) is 6.72. The van der Waals surface area contributed by atoms with E-state index in [1.165, 1.54) is 28.0 Å². The Morgan fingerprint density at radius 3 is 3.06 bits per heavy atom. The van der Waals surface area contributed by atoms with Gasteiger partial charge in [0.25, 0.3) is 0 Å². The highest BCUT2D eigenvalue weighted by Gasteiger charge is 2.17. The molecule has 0 spiro atoms. The van der Waals surface area contributed by atoms with E-state index in [4.69, 9.17) is 0 Å². The highest BCUT2D eigenvalue weighted by atomic mass is 79.9. The predicted molar refractivity (Wildman–Crippen MR) is 80.6 cm³/mol. The maximum Gasteiger partial charge on any atom is 0.0318 e. The van der Waals surface area contributed by atoms with E-state index >= 15 is 0 Å². The Balaban J connectivity index is 1.91. The van der Waals surface area contributed by atoms with Gasteiger partial charge in [-0.2, -0.15) is 11.8 Å². The van der Waals surface area contributed by atoms with Gasteiger partial charge in [0.15, 0.2) is 0 Å². The third-order valence-electron chi connectivity index (χ3n) is 3.34. The molecule has 2 rings (SSSR count). The highest BCUT2D eigenvalue weighted by molar-refractivity contribution is 9.10. The molecule has 1 aliphatic rings. The Morgan fingerprint density at radius 2 is 2.41 bits per heavy atom. The Kier molecular flexibility index (Phi) is 5.39. The predicted octanol–water partition coefficient (Wildman–Crippen LogP) is 4.24. The van der Waals surface area contributed by atoms with E-state index in [0.29, 0.717) is 6.04 Å². The average molecular weight is 314 g/mol. The molecule has 1 heterocycles. The maximum absolute atomic E-state index is 3.72. The topological polar surface area (TPSA) is 12.0 Å². The van der Waals surface area contributed by atoms with E-state index in [-0.39, 0.29) is 0 Å². The van der Waals surface area contributed by atoms with Gasteiger partial charge in [0.1, 0.15) is 0 Å². The van der Waals surface area contributed by atoms with Gasteiger partial charge in [-0.25, -0.2) is 0 Å². The fourth-order valence-corrected chi connectivity index (χ4v) is 3.98. The molecule has 2 unspecified atom stereocenters. The van der Waals surface area contributed by atoms with Crippen LogP contribution >= 0.6 is 27.7 Å². The molecule has 0 bridgehead atoms. The van der Waals surface area contributed by atoms with E-state index < -0.39 is 0 Å². The molecule has 17 heavy (non-hydrogen) atoms. The van der Waals surface area contributed by atoms with Gasteiger partial charge in [-0.15, -0.1) is 0 Å². The molecule has 1 aromatic rings. The summed E-state index contributed by atoms with van der Waals surface area (Å²) in [6, 6.07) is 9.15. The van der Waals surface area contributed by atoms with Gasteiger partial charge in [0, 0.05) is 10.5 Å². The Bertz CT molecular complexity index is 350. The molecular formula is C14H20BrNS. The van der Waals surface area contributed by atoms with Gasteiger partial charge in [0.2, 0.25) is 0 Å². The molecule has 1 fully saturated rings. The molecule has 1 saturated heterocycles. The molecular weight excluding hydrogens is 294 g/mol. The lowest BCUT2D eigenvalue weighted by Crippen LogP contribution is -2.27. The summed E-state index contributed by atoms with van der Waals surface area (Å²) >= 11 is 5.64. The first-order chi connectivity index (χ1) is 8.29. The molecule has 1 aromatic carbocycles. The van der Waals surface area contributed by atoms with E-state index in [0.717, 1.165) is 18.9 Å². The minimum atomic E-state index is 0.498. The second kappa shape index (κ2) is 6.81. The Morgan fingerprint density at radius 1 is 1.53 bits per heavy atom. The summed E-state index contributed by atoms with van der Waals surface area (Å²) in [4.78, 5) is 0. The van der Waals surface area contributed by atoms with Crippen LogP contribution in [0, 0.1) is 5.92 Å². The van der Waals surface area contributed by atoms with Crippen LogP contribution in [-0.2, 0) is 0 Å². The second-order valence-electron chi connectivity index (χ2n) is 4.65. The number of halogens is 1. The number of hydrogen-bond acceptors (Lipinski definition) is 2. The summed E-state index contributed by atoms with van der Waals surface area (Å²) in [5.41, 5.74) is 1.40. The van der Waals surface area contributed by atoms with Crippen molar-refractivity contribution in [2.45, 2.75) is 25.8 Å². The van der Waals surface area contributed by atoms with Crippen LogP contribution in [0.2, 0.25) is 0 Å². The van der Waals surface area contributed by atoms with Gasteiger partial charge in [-0.05, 0) is 54.5 Å². The van der Waals surface area contributed by atoms with Crippen LogP contribution in [0.1, 0.15) is 31.4 Å². The van der Waals surface area contributed by atoms with Crippen molar-refractivity contribution in [3.63, 3.8) is 0 Å². The van der Waals surface area contributed by atoms with Crippen molar-refractivity contribution in [3.8, 4) is 0 Å². The fraction of sp³-hybridized carbons (Fsp3) is 0.571. The number of thioether (sulfide) groups is 1. The van der Waals surface area contributed by atoms with E-state index in [2.05, 4.69) is 64.2 Å².